The van der Waals surface area contributed by atoms with Gasteiger partial charge in [-0.05, 0) is 50.3 Å². The minimum absolute atomic E-state index is 0.217. The van der Waals surface area contributed by atoms with Crippen LogP contribution in [0.4, 0.5) is 11.8 Å². The lowest BCUT2D eigenvalue weighted by atomic mass is 9.86. The van der Waals surface area contributed by atoms with Gasteiger partial charge in [-0.25, -0.2) is 4.98 Å². The summed E-state index contributed by atoms with van der Waals surface area (Å²) in [6.45, 7) is 3.10. The first-order chi connectivity index (χ1) is 13.7. The smallest absolute Gasteiger partial charge is 0.225 e. The van der Waals surface area contributed by atoms with Gasteiger partial charge in [-0.3, -0.25) is 0 Å². The molecule has 1 atom stereocenters. The molecule has 0 bridgehead atoms. The average molecular weight is 386 g/mol. The molecule has 7 heteroatoms. The minimum Gasteiger partial charge on any atom is -0.362 e. The highest BCUT2D eigenvalue weighted by molar-refractivity contribution is 5.90. The van der Waals surface area contributed by atoms with Gasteiger partial charge in [-0.1, -0.05) is 12.1 Å². The molecule has 152 valence electrons. The van der Waals surface area contributed by atoms with Crippen LogP contribution in [0, 0.1) is 5.92 Å². The Morgan fingerprint density at radius 3 is 2.64 bits per heavy atom. The van der Waals surface area contributed by atoms with Crippen LogP contribution in [0.25, 0.3) is 10.9 Å². The van der Waals surface area contributed by atoms with E-state index in [4.69, 9.17) is 19.4 Å². The molecule has 1 saturated heterocycles. The van der Waals surface area contributed by atoms with E-state index in [9.17, 15) is 0 Å². The van der Waals surface area contributed by atoms with E-state index >= 15 is 0 Å². The quantitative estimate of drug-likeness (QED) is 0.759. The Kier molecular flexibility index (Phi) is 6.24. The van der Waals surface area contributed by atoms with E-state index in [1.165, 1.54) is 12.8 Å². The van der Waals surface area contributed by atoms with Gasteiger partial charge in [0.1, 0.15) is 12.6 Å². The summed E-state index contributed by atoms with van der Waals surface area (Å²) in [7, 11) is 4.05. The van der Waals surface area contributed by atoms with Gasteiger partial charge >= 0.3 is 0 Å². The summed E-state index contributed by atoms with van der Waals surface area (Å²) >= 11 is 0. The van der Waals surface area contributed by atoms with Gasteiger partial charge in [0.25, 0.3) is 0 Å². The van der Waals surface area contributed by atoms with Crippen LogP contribution >= 0.6 is 0 Å². The van der Waals surface area contributed by atoms with E-state index in [2.05, 4.69) is 27.7 Å². The summed E-state index contributed by atoms with van der Waals surface area (Å²) in [6, 6.07) is 8.64. The van der Waals surface area contributed by atoms with Crippen molar-refractivity contribution in [3.05, 3.63) is 24.3 Å². The summed E-state index contributed by atoms with van der Waals surface area (Å²) in [5, 5.41) is 8.22. The van der Waals surface area contributed by atoms with Gasteiger partial charge in [0, 0.05) is 32.1 Å². The maximum Gasteiger partial charge on any atom is 0.225 e. The van der Waals surface area contributed by atoms with Crippen LogP contribution in [0.1, 0.15) is 25.7 Å². The summed E-state index contributed by atoms with van der Waals surface area (Å²) < 4.78 is 10.7. The molecule has 1 aliphatic carbocycles. The van der Waals surface area contributed by atoms with Crippen molar-refractivity contribution < 1.29 is 9.47 Å². The fraction of sp³-hybridized carbons (Fsp3) is 0.619. The zero-order valence-electron chi connectivity index (χ0n) is 16.9. The van der Waals surface area contributed by atoms with Gasteiger partial charge in [0.05, 0.1) is 18.2 Å². The van der Waals surface area contributed by atoms with Crippen LogP contribution in [0.5, 0.6) is 0 Å². The number of para-hydroxylation sites is 1. The molecule has 2 N–H and O–H groups in total. The standard InChI is InChI=1S/C21H31N5O2/c1-26(2)20-18-5-3-4-6-19(18)24-21(25-20)23-16-9-7-15(8-10-16)11-22-12-17-13-27-14-28-17/h3-6,15-17,22H,7-14H2,1-2H3,(H,23,24,25)/t15-,16+,17?. The second-order valence-corrected chi connectivity index (χ2v) is 8.08. The van der Waals surface area contributed by atoms with E-state index in [0.29, 0.717) is 19.4 Å². The van der Waals surface area contributed by atoms with E-state index in [1.807, 2.05) is 26.2 Å². The number of benzene rings is 1. The Morgan fingerprint density at radius 2 is 1.89 bits per heavy atom. The number of anilines is 2. The third kappa shape index (κ3) is 4.71. The Labute approximate surface area is 166 Å². The molecule has 1 unspecified atom stereocenters. The molecule has 2 aromatic rings. The Balaban J connectivity index is 1.29. The maximum atomic E-state index is 5.47. The second-order valence-electron chi connectivity index (χ2n) is 8.08. The molecule has 4 rings (SSSR count). The number of fused-ring (bicyclic) bond motifs is 1. The predicted molar refractivity (Wildman–Crippen MR) is 112 cm³/mol. The van der Waals surface area contributed by atoms with Crippen molar-refractivity contribution in [3.63, 3.8) is 0 Å². The summed E-state index contributed by atoms with van der Waals surface area (Å²) in [4.78, 5) is 11.6. The third-order valence-corrected chi connectivity index (χ3v) is 5.68. The number of rotatable bonds is 7. The average Bonchev–Trinajstić information content (AvgIpc) is 3.22. The van der Waals surface area contributed by atoms with Gasteiger partial charge in [-0.2, -0.15) is 4.98 Å². The number of hydrogen-bond donors (Lipinski definition) is 2. The molecule has 28 heavy (non-hydrogen) atoms. The topological polar surface area (TPSA) is 71.5 Å². The SMILES string of the molecule is CN(C)c1nc(N[C@H]2CC[C@@H](CNCC3COCO3)CC2)nc2ccccc12. The van der Waals surface area contributed by atoms with E-state index in [0.717, 1.165) is 54.5 Å². The second kappa shape index (κ2) is 9.03. The molecule has 2 fully saturated rings. The van der Waals surface area contributed by atoms with Crippen molar-refractivity contribution in [2.24, 2.45) is 5.92 Å². The van der Waals surface area contributed by atoms with Gasteiger partial charge in [0.2, 0.25) is 5.95 Å². The third-order valence-electron chi connectivity index (χ3n) is 5.68. The van der Waals surface area contributed by atoms with Crippen LogP contribution in [0.3, 0.4) is 0 Å². The molecule has 0 radical (unpaired) electrons. The highest BCUT2D eigenvalue weighted by Gasteiger charge is 2.23. The zero-order chi connectivity index (χ0) is 19.3. The molecular weight excluding hydrogens is 354 g/mol. The Hall–Kier alpha value is -1.96. The monoisotopic (exact) mass is 385 g/mol. The molecule has 0 amide bonds. The summed E-state index contributed by atoms with van der Waals surface area (Å²) in [5.41, 5.74) is 0.986. The first-order valence-electron chi connectivity index (χ1n) is 10.3. The zero-order valence-corrected chi connectivity index (χ0v) is 16.9. The number of nitrogens with one attached hydrogen (secondary N) is 2. The molecule has 2 heterocycles. The van der Waals surface area contributed by atoms with Crippen LogP contribution < -0.4 is 15.5 Å². The first kappa shape index (κ1) is 19.4. The van der Waals surface area contributed by atoms with Crippen molar-refractivity contribution in [1.29, 1.82) is 0 Å². The summed E-state index contributed by atoms with van der Waals surface area (Å²) in [5.74, 6) is 2.43. The van der Waals surface area contributed by atoms with Crippen LogP contribution in [-0.4, -0.2) is 62.7 Å². The highest BCUT2D eigenvalue weighted by Crippen LogP contribution is 2.28. The molecule has 7 nitrogen and oxygen atoms in total. The van der Waals surface area contributed by atoms with E-state index in [-0.39, 0.29) is 6.10 Å². The number of aromatic nitrogens is 2. The molecule has 2 aliphatic rings. The lowest BCUT2D eigenvalue weighted by Crippen LogP contribution is -2.35. The minimum atomic E-state index is 0.217. The number of hydrogen-bond acceptors (Lipinski definition) is 7. The Morgan fingerprint density at radius 1 is 1.07 bits per heavy atom. The van der Waals surface area contributed by atoms with Crippen molar-refractivity contribution in [1.82, 2.24) is 15.3 Å². The van der Waals surface area contributed by atoms with Crippen molar-refractivity contribution >= 4 is 22.7 Å². The lowest BCUT2D eigenvalue weighted by molar-refractivity contribution is 0.0466. The predicted octanol–water partition coefficient (Wildman–Crippen LogP) is 2.63. The molecular formula is C21H31N5O2. The molecule has 1 saturated carbocycles. The summed E-state index contributed by atoms with van der Waals surface area (Å²) in [6.07, 6.45) is 4.97. The largest absolute Gasteiger partial charge is 0.362 e. The van der Waals surface area contributed by atoms with Crippen LogP contribution in [-0.2, 0) is 9.47 Å². The van der Waals surface area contributed by atoms with Crippen LogP contribution in [0.2, 0.25) is 0 Å². The van der Waals surface area contributed by atoms with Crippen LogP contribution in [0.15, 0.2) is 24.3 Å². The lowest BCUT2D eigenvalue weighted by Gasteiger charge is -2.29. The first-order valence-corrected chi connectivity index (χ1v) is 10.3. The van der Waals surface area contributed by atoms with E-state index < -0.39 is 0 Å². The Bertz CT molecular complexity index is 770. The molecule has 1 aromatic carbocycles. The van der Waals surface area contributed by atoms with Gasteiger partial charge in [0.15, 0.2) is 0 Å². The molecule has 1 aliphatic heterocycles. The van der Waals surface area contributed by atoms with Crippen molar-refractivity contribution in [2.45, 2.75) is 37.8 Å². The normalized spacial score (nSPS) is 25.1. The van der Waals surface area contributed by atoms with E-state index in [1.54, 1.807) is 0 Å². The highest BCUT2D eigenvalue weighted by atomic mass is 16.7. The number of ether oxygens (including phenoxy) is 2. The van der Waals surface area contributed by atoms with Crippen molar-refractivity contribution in [3.8, 4) is 0 Å². The maximum absolute atomic E-state index is 5.47. The molecule has 1 aromatic heterocycles. The van der Waals surface area contributed by atoms with Crippen molar-refractivity contribution in [2.75, 3.05) is 50.8 Å². The molecule has 0 spiro atoms. The van der Waals surface area contributed by atoms with Gasteiger partial charge in [-0.15, -0.1) is 0 Å². The fourth-order valence-electron chi connectivity index (χ4n) is 4.10. The number of nitrogens with zero attached hydrogens (tertiary/aromatic N) is 3. The fourth-order valence-corrected chi connectivity index (χ4v) is 4.10. The van der Waals surface area contributed by atoms with Gasteiger partial charge < -0.3 is 25.0 Å².